The Morgan fingerprint density at radius 2 is 2.12 bits per heavy atom. The van der Waals surface area contributed by atoms with E-state index < -0.39 is 0 Å². The van der Waals surface area contributed by atoms with E-state index in [4.69, 9.17) is 0 Å². The van der Waals surface area contributed by atoms with Crippen LogP contribution in [0.1, 0.15) is 0 Å². The monoisotopic (exact) mass is 184 g/mol. The quantitative estimate of drug-likeness (QED) is 0.553. The molecule has 0 N–H and O–H groups in total. The van der Waals surface area contributed by atoms with E-state index in [2.05, 4.69) is 25.3 Å². The Morgan fingerprint density at radius 3 is 2.50 bits per heavy atom. The fourth-order valence-corrected chi connectivity index (χ4v) is 4.05. The second-order valence-electron chi connectivity index (χ2n) is 1.61. The van der Waals surface area contributed by atoms with Crippen LogP contribution >= 0.6 is 48.8 Å². The molecule has 1 aliphatic heterocycles. The molecule has 0 nitrogen and oxygen atoms in total. The SMILES string of the molecule is SC1CSCSC1S. The summed E-state index contributed by atoms with van der Waals surface area (Å²) in [6, 6.07) is 0. The summed E-state index contributed by atoms with van der Waals surface area (Å²) < 4.78 is 0.458. The van der Waals surface area contributed by atoms with Gasteiger partial charge in [-0.25, -0.2) is 0 Å². The van der Waals surface area contributed by atoms with Gasteiger partial charge in [0, 0.05) is 16.1 Å². The van der Waals surface area contributed by atoms with Gasteiger partial charge < -0.3 is 0 Å². The van der Waals surface area contributed by atoms with Crippen LogP contribution in [0.4, 0.5) is 0 Å². The van der Waals surface area contributed by atoms with Crippen molar-refractivity contribution in [1.29, 1.82) is 0 Å². The Bertz CT molecular complexity index is 64.4. The zero-order valence-electron chi connectivity index (χ0n) is 4.28. The number of thioether (sulfide) groups is 2. The van der Waals surface area contributed by atoms with Crippen molar-refractivity contribution in [2.45, 2.75) is 9.83 Å². The molecule has 0 aromatic carbocycles. The number of thiol groups is 2. The lowest BCUT2D eigenvalue weighted by Gasteiger charge is -2.22. The zero-order chi connectivity index (χ0) is 5.98. The van der Waals surface area contributed by atoms with Crippen molar-refractivity contribution in [2.24, 2.45) is 0 Å². The molecule has 1 aliphatic rings. The molecule has 0 radical (unpaired) electrons. The van der Waals surface area contributed by atoms with Crippen molar-refractivity contribution >= 4 is 48.8 Å². The van der Waals surface area contributed by atoms with E-state index in [9.17, 15) is 0 Å². The van der Waals surface area contributed by atoms with Crippen molar-refractivity contribution in [2.75, 3.05) is 10.8 Å². The first-order valence-electron chi connectivity index (χ1n) is 2.36. The molecule has 0 aromatic heterocycles. The molecule has 1 saturated heterocycles. The van der Waals surface area contributed by atoms with Crippen LogP contribution in [0, 0.1) is 0 Å². The van der Waals surface area contributed by atoms with E-state index in [0.717, 1.165) is 5.75 Å². The van der Waals surface area contributed by atoms with Gasteiger partial charge in [-0.1, -0.05) is 0 Å². The summed E-state index contributed by atoms with van der Waals surface area (Å²) in [7, 11) is 0. The van der Waals surface area contributed by atoms with Crippen LogP contribution < -0.4 is 0 Å². The highest BCUT2D eigenvalue weighted by atomic mass is 32.2. The van der Waals surface area contributed by atoms with Gasteiger partial charge in [0.15, 0.2) is 0 Å². The van der Waals surface area contributed by atoms with Crippen LogP contribution in [0.15, 0.2) is 0 Å². The van der Waals surface area contributed by atoms with Crippen LogP contribution in [-0.4, -0.2) is 20.7 Å². The molecule has 2 atom stereocenters. The highest BCUT2D eigenvalue weighted by Gasteiger charge is 2.18. The van der Waals surface area contributed by atoms with Gasteiger partial charge in [-0.2, -0.15) is 25.3 Å². The molecule has 0 bridgehead atoms. The van der Waals surface area contributed by atoms with Crippen molar-refractivity contribution < 1.29 is 0 Å². The highest BCUT2D eigenvalue weighted by Crippen LogP contribution is 2.33. The normalized spacial score (nSPS) is 39.8. The number of rotatable bonds is 0. The van der Waals surface area contributed by atoms with Crippen molar-refractivity contribution in [3.05, 3.63) is 0 Å². The lowest BCUT2D eigenvalue weighted by molar-refractivity contribution is 1.11. The van der Waals surface area contributed by atoms with Crippen LogP contribution in [0.25, 0.3) is 0 Å². The van der Waals surface area contributed by atoms with Gasteiger partial charge in [-0.3, -0.25) is 0 Å². The Hall–Kier alpha value is 1.40. The molecule has 48 valence electrons. The average molecular weight is 184 g/mol. The summed E-state index contributed by atoms with van der Waals surface area (Å²) in [5.41, 5.74) is 0. The molecule has 4 heteroatoms. The van der Waals surface area contributed by atoms with Crippen LogP contribution in [0.5, 0.6) is 0 Å². The second-order valence-corrected chi connectivity index (χ2v) is 5.71. The molecular weight excluding hydrogens is 176 g/mol. The lowest BCUT2D eigenvalue weighted by atomic mass is 10.5. The summed E-state index contributed by atoms with van der Waals surface area (Å²) in [4.78, 5) is 0. The van der Waals surface area contributed by atoms with E-state index >= 15 is 0 Å². The standard InChI is InChI=1S/C4H8S4/c5-3-1-7-2-8-4(3)6/h3-6H,1-2H2. The van der Waals surface area contributed by atoms with Crippen molar-refractivity contribution in [1.82, 2.24) is 0 Å². The topological polar surface area (TPSA) is 0 Å². The van der Waals surface area contributed by atoms with Gasteiger partial charge in [-0.15, -0.1) is 23.5 Å². The Labute approximate surface area is 69.4 Å². The summed E-state index contributed by atoms with van der Waals surface area (Å²) in [6.07, 6.45) is 0. The maximum absolute atomic E-state index is 4.34. The molecule has 0 aromatic rings. The predicted octanol–water partition coefficient (Wildman–Crippen LogP) is 1.98. The largest absolute Gasteiger partial charge is 0.173 e. The molecule has 0 amide bonds. The number of hydrogen-bond donors (Lipinski definition) is 2. The molecule has 1 fully saturated rings. The van der Waals surface area contributed by atoms with Gasteiger partial charge in [-0.05, 0) is 0 Å². The maximum Gasteiger partial charge on any atom is 0.0604 e. The Balaban J connectivity index is 2.28. The zero-order valence-corrected chi connectivity index (χ0v) is 7.70. The van der Waals surface area contributed by atoms with Gasteiger partial charge in [0.1, 0.15) is 0 Å². The minimum atomic E-state index is 0.458. The summed E-state index contributed by atoms with van der Waals surface area (Å²) in [6.45, 7) is 0. The first-order valence-corrected chi connectivity index (χ1v) is 5.60. The van der Waals surface area contributed by atoms with E-state index in [0.29, 0.717) is 9.83 Å². The van der Waals surface area contributed by atoms with E-state index in [1.165, 1.54) is 5.08 Å². The molecule has 1 heterocycles. The van der Waals surface area contributed by atoms with E-state index in [1.807, 2.05) is 23.5 Å². The smallest absolute Gasteiger partial charge is 0.0604 e. The van der Waals surface area contributed by atoms with Gasteiger partial charge in [0.05, 0.1) is 4.58 Å². The molecule has 0 spiro atoms. The van der Waals surface area contributed by atoms with Crippen LogP contribution in [0.2, 0.25) is 0 Å². The Morgan fingerprint density at radius 1 is 1.38 bits per heavy atom. The fourth-order valence-electron chi connectivity index (χ4n) is 0.480. The Kier molecular flexibility index (Phi) is 3.32. The first-order chi connectivity index (χ1) is 3.80. The average Bonchev–Trinajstić information content (AvgIpc) is 1.77. The van der Waals surface area contributed by atoms with Gasteiger partial charge >= 0.3 is 0 Å². The fraction of sp³-hybridized carbons (Fsp3) is 1.00. The summed E-state index contributed by atoms with van der Waals surface area (Å²) >= 11 is 12.5. The van der Waals surface area contributed by atoms with Gasteiger partial charge in [0.2, 0.25) is 0 Å². The second kappa shape index (κ2) is 3.54. The van der Waals surface area contributed by atoms with Crippen LogP contribution in [-0.2, 0) is 0 Å². The van der Waals surface area contributed by atoms with Crippen molar-refractivity contribution in [3.8, 4) is 0 Å². The van der Waals surface area contributed by atoms with E-state index in [1.54, 1.807) is 0 Å². The third kappa shape index (κ3) is 1.97. The highest BCUT2D eigenvalue weighted by molar-refractivity contribution is 8.21. The van der Waals surface area contributed by atoms with Gasteiger partial charge in [0.25, 0.3) is 0 Å². The molecule has 2 unspecified atom stereocenters. The van der Waals surface area contributed by atoms with Crippen molar-refractivity contribution in [3.63, 3.8) is 0 Å². The van der Waals surface area contributed by atoms with E-state index in [-0.39, 0.29) is 0 Å². The predicted molar refractivity (Wildman–Crippen MR) is 50.5 cm³/mol. The minimum absolute atomic E-state index is 0.458. The third-order valence-corrected chi connectivity index (χ3v) is 5.39. The minimum Gasteiger partial charge on any atom is -0.173 e. The molecule has 8 heavy (non-hydrogen) atoms. The molecule has 0 aliphatic carbocycles. The summed E-state index contributed by atoms with van der Waals surface area (Å²) in [5.74, 6) is 1.16. The number of hydrogen-bond acceptors (Lipinski definition) is 4. The molecular formula is C4H8S4. The van der Waals surface area contributed by atoms with Crippen LogP contribution in [0.3, 0.4) is 0 Å². The first kappa shape index (κ1) is 7.51. The molecule has 1 rings (SSSR count). The summed E-state index contributed by atoms with van der Waals surface area (Å²) in [5, 5.41) is 1.67. The molecule has 0 saturated carbocycles. The third-order valence-electron chi connectivity index (χ3n) is 0.940. The maximum atomic E-state index is 4.34. The lowest BCUT2D eigenvalue weighted by Crippen LogP contribution is -2.18.